The molecule has 2 N–H and O–H groups in total. The third-order valence-corrected chi connectivity index (χ3v) is 3.11. The van der Waals surface area contributed by atoms with Crippen LogP contribution >= 0.6 is 15.9 Å². The van der Waals surface area contributed by atoms with Crippen molar-refractivity contribution in [2.75, 3.05) is 0 Å². The third-order valence-electron chi connectivity index (χ3n) is 2.64. The predicted molar refractivity (Wildman–Crippen MR) is 73.1 cm³/mol. The Hall–Kier alpha value is -1.73. The first-order valence-corrected chi connectivity index (χ1v) is 6.40. The van der Waals surface area contributed by atoms with E-state index < -0.39 is 12.0 Å². The largest absolute Gasteiger partial charge is 0.480 e. The van der Waals surface area contributed by atoms with Crippen molar-refractivity contribution in [3.8, 4) is 0 Å². The van der Waals surface area contributed by atoms with Crippen LogP contribution in [0.25, 0.3) is 5.65 Å². The second-order valence-electron chi connectivity index (χ2n) is 4.10. The van der Waals surface area contributed by atoms with Crippen molar-refractivity contribution in [3.63, 3.8) is 0 Å². The van der Waals surface area contributed by atoms with Gasteiger partial charge in [-0.1, -0.05) is 0 Å². The van der Waals surface area contributed by atoms with E-state index in [1.807, 2.05) is 0 Å². The van der Waals surface area contributed by atoms with Crippen molar-refractivity contribution < 1.29 is 9.90 Å². The molecule has 0 aliphatic carbocycles. The lowest BCUT2D eigenvalue weighted by molar-refractivity contribution is -0.139. The average Bonchev–Trinajstić information content (AvgIpc) is 2.36. The SMILES string of the molecule is C[C@@H](NCc1cc(=O)n2cc(Br)ccc2n1)C(=O)O. The standard InChI is InChI=1S/C12H12BrN3O3/c1-7(12(18)19)14-5-9-4-11(17)16-6-8(13)2-3-10(16)15-9/h2-4,6-7,14H,5H2,1H3,(H,18,19)/t7-/m1/s1. The Kier molecular flexibility index (Phi) is 3.96. The lowest BCUT2D eigenvalue weighted by Crippen LogP contribution is -2.33. The smallest absolute Gasteiger partial charge is 0.320 e. The van der Waals surface area contributed by atoms with Crippen LogP contribution in [0.15, 0.2) is 33.7 Å². The highest BCUT2D eigenvalue weighted by Crippen LogP contribution is 2.09. The molecule has 2 heterocycles. The monoisotopic (exact) mass is 325 g/mol. The fraction of sp³-hybridized carbons (Fsp3) is 0.250. The molecule has 1 atom stereocenters. The maximum absolute atomic E-state index is 11.9. The number of nitrogens with zero attached hydrogens (tertiary/aromatic N) is 2. The van der Waals surface area contributed by atoms with Gasteiger partial charge in [-0.05, 0) is 35.0 Å². The van der Waals surface area contributed by atoms with E-state index in [1.165, 1.54) is 17.4 Å². The summed E-state index contributed by atoms with van der Waals surface area (Å²) in [4.78, 5) is 26.9. The van der Waals surface area contributed by atoms with Gasteiger partial charge in [0.1, 0.15) is 11.7 Å². The summed E-state index contributed by atoms with van der Waals surface area (Å²) in [5.41, 5.74) is 0.835. The van der Waals surface area contributed by atoms with E-state index in [0.717, 1.165) is 4.47 Å². The molecule has 100 valence electrons. The second-order valence-corrected chi connectivity index (χ2v) is 5.02. The normalized spacial score (nSPS) is 12.5. The first-order chi connectivity index (χ1) is 8.97. The number of fused-ring (bicyclic) bond motifs is 1. The summed E-state index contributed by atoms with van der Waals surface area (Å²) in [6.07, 6.45) is 1.64. The molecule has 2 aromatic rings. The summed E-state index contributed by atoms with van der Waals surface area (Å²) in [5, 5.41) is 11.5. The van der Waals surface area contributed by atoms with E-state index in [-0.39, 0.29) is 12.1 Å². The van der Waals surface area contributed by atoms with Crippen LogP contribution in [-0.4, -0.2) is 26.5 Å². The highest BCUT2D eigenvalue weighted by Gasteiger charge is 2.10. The van der Waals surface area contributed by atoms with Gasteiger partial charge in [0.2, 0.25) is 0 Å². The predicted octanol–water partition coefficient (Wildman–Crippen LogP) is 1.02. The Balaban J connectivity index is 2.29. The number of carboxylic acid groups (broad SMARTS) is 1. The zero-order valence-corrected chi connectivity index (χ0v) is 11.7. The highest BCUT2D eigenvalue weighted by molar-refractivity contribution is 9.10. The summed E-state index contributed by atoms with van der Waals surface area (Å²) in [6.45, 7) is 1.77. The summed E-state index contributed by atoms with van der Waals surface area (Å²) < 4.78 is 2.21. The van der Waals surface area contributed by atoms with Crippen LogP contribution in [0.5, 0.6) is 0 Å². The number of carbonyl (C=O) groups is 1. The molecule has 0 spiro atoms. The van der Waals surface area contributed by atoms with Gasteiger partial charge in [0.05, 0.1) is 5.69 Å². The van der Waals surface area contributed by atoms with Gasteiger partial charge in [-0.15, -0.1) is 0 Å². The Morgan fingerprint density at radius 3 is 3.00 bits per heavy atom. The number of aliphatic carboxylic acids is 1. The highest BCUT2D eigenvalue weighted by atomic mass is 79.9. The van der Waals surface area contributed by atoms with Gasteiger partial charge in [-0.25, -0.2) is 4.98 Å². The van der Waals surface area contributed by atoms with Gasteiger partial charge >= 0.3 is 5.97 Å². The lowest BCUT2D eigenvalue weighted by atomic mass is 10.3. The van der Waals surface area contributed by atoms with Crippen molar-refractivity contribution >= 4 is 27.5 Å². The summed E-state index contributed by atoms with van der Waals surface area (Å²) in [5.74, 6) is -0.943. The van der Waals surface area contributed by atoms with Crippen LogP contribution in [0.1, 0.15) is 12.6 Å². The minimum Gasteiger partial charge on any atom is -0.480 e. The molecule has 2 rings (SSSR count). The zero-order chi connectivity index (χ0) is 14.0. The molecule has 0 aliphatic rings. The lowest BCUT2D eigenvalue weighted by Gasteiger charge is -2.09. The molecule has 7 heteroatoms. The van der Waals surface area contributed by atoms with Crippen molar-refractivity contribution in [3.05, 3.63) is 44.9 Å². The van der Waals surface area contributed by atoms with Gasteiger partial charge in [0.25, 0.3) is 5.56 Å². The first-order valence-electron chi connectivity index (χ1n) is 5.61. The summed E-state index contributed by atoms with van der Waals surface area (Å²) in [7, 11) is 0. The molecule has 0 unspecified atom stereocenters. The molecule has 0 aromatic carbocycles. The third kappa shape index (κ3) is 3.18. The maximum Gasteiger partial charge on any atom is 0.320 e. The van der Waals surface area contributed by atoms with Crippen LogP contribution in [0, 0.1) is 0 Å². The molecule has 0 amide bonds. The fourth-order valence-electron chi connectivity index (χ4n) is 1.56. The fourth-order valence-corrected chi connectivity index (χ4v) is 1.90. The first kappa shape index (κ1) is 13.7. The Labute approximate surface area is 117 Å². The molecule has 0 aliphatic heterocycles. The van der Waals surface area contributed by atoms with E-state index in [1.54, 1.807) is 18.3 Å². The van der Waals surface area contributed by atoms with Crippen LogP contribution in [0.3, 0.4) is 0 Å². The average molecular weight is 326 g/mol. The number of hydrogen-bond acceptors (Lipinski definition) is 4. The summed E-state index contributed by atoms with van der Waals surface area (Å²) in [6, 6.07) is 4.21. The van der Waals surface area contributed by atoms with Crippen molar-refractivity contribution in [1.82, 2.24) is 14.7 Å². The number of aromatic nitrogens is 2. The molecule has 0 bridgehead atoms. The number of halogens is 1. The number of hydrogen-bond donors (Lipinski definition) is 2. The molecule has 2 aromatic heterocycles. The molecule has 6 nitrogen and oxygen atoms in total. The molecule has 19 heavy (non-hydrogen) atoms. The molecule has 0 saturated heterocycles. The van der Waals surface area contributed by atoms with E-state index in [0.29, 0.717) is 11.3 Å². The van der Waals surface area contributed by atoms with Gasteiger partial charge in [0, 0.05) is 23.3 Å². The minimum atomic E-state index is -0.943. The van der Waals surface area contributed by atoms with Crippen molar-refractivity contribution in [2.24, 2.45) is 0 Å². The maximum atomic E-state index is 11.9. The van der Waals surface area contributed by atoms with Crippen molar-refractivity contribution in [1.29, 1.82) is 0 Å². The van der Waals surface area contributed by atoms with Gasteiger partial charge < -0.3 is 5.11 Å². The van der Waals surface area contributed by atoms with Crippen LogP contribution in [0.2, 0.25) is 0 Å². The van der Waals surface area contributed by atoms with Crippen LogP contribution < -0.4 is 10.9 Å². The van der Waals surface area contributed by atoms with Crippen LogP contribution in [0.4, 0.5) is 0 Å². The molecule has 0 radical (unpaired) electrons. The Morgan fingerprint density at radius 1 is 1.58 bits per heavy atom. The van der Waals surface area contributed by atoms with Gasteiger partial charge in [-0.3, -0.25) is 19.3 Å². The molecular formula is C12H12BrN3O3. The van der Waals surface area contributed by atoms with Crippen LogP contribution in [-0.2, 0) is 11.3 Å². The van der Waals surface area contributed by atoms with Gasteiger partial charge in [-0.2, -0.15) is 0 Å². The number of pyridine rings is 1. The quantitative estimate of drug-likeness (QED) is 0.876. The van der Waals surface area contributed by atoms with E-state index in [9.17, 15) is 9.59 Å². The Morgan fingerprint density at radius 2 is 2.32 bits per heavy atom. The number of rotatable bonds is 4. The van der Waals surface area contributed by atoms with E-state index in [4.69, 9.17) is 5.11 Å². The van der Waals surface area contributed by atoms with Crippen molar-refractivity contribution in [2.45, 2.75) is 19.5 Å². The van der Waals surface area contributed by atoms with E-state index in [2.05, 4.69) is 26.2 Å². The molecule has 0 saturated carbocycles. The minimum absolute atomic E-state index is 0.203. The molecule has 0 fully saturated rings. The molecular weight excluding hydrogens is 314 g/mol. The number of nitrogens with one attached hydrogen (secondary N) is 1. The number of carboxylic acids is 1. The Bertz CT molecular complexity index is 683. The summed E-state index contributed by atoms with van der Waals surface area (Å²) >= 11 is 3.29. The van der Waals surface area contributed by atoms with E-state index >= 15 is 0 Å². The van der Waals surface area contributed by atoms with Gasteiger partial charge in [0.15, 0.2) is 0 Å². The zero-order valence-electron chi connectivity index (χ0n) is 10.1. The topological polar surface area (TPSA) is 83.7 Å². The second kappa shape index (κ2) is 5.50.